The Morgan fingerprint density at radius 1 is 1.45 bits per heavy atom. The quantitative estimate of drug-likeness (QED) is 0.685. The number of aromatic amines is 1. The van der Waals surface area contributed by atoms with Gasteiger partial charge in [0.2, 0.25) is 0 Å². The molecule has 0 saturated carbocycles. The van der Waals surface area contributed by atoms with Crippen LogP contribution in [0.1, 0.15) is 0 Å². The third kappa shape index (κ3) is 1.50. The molecular weight excluding hydrogens is 186 g/mol. The van der Waals surface area contributed by atoms with E-state index in [1.54, 1.807) is 12.3 Å². The van der Waals surface area contributed by atoms with E-state index < -0.39 is 0 Å². The average Bonchev–Trinajstić information content (AvgIpc) is 2.59. The van der Waals surface area contributed by atoms with E-state index in [-0.39, 0.29) is 17.1 Å². The van der Waals surface area contributed by atoms with Gasteiger partial charge in [-0.1, -0.05) is 0 Å². The molecule has 58 valence electrons. The van der Waals surface area contributed by atoms with Crippen LogP contribution in [0.3, 0.4) is 0 Å². The molecule has 4 nitrogen and oxygen atoms in total. The number of hydrogen-bond acceptors (Lipinski definition) is 3. The van der Waals surface area contributed by atoms with Crippen LogP contribution in [0.15, 0.2) is 29.1 Å². The molecule has 0 spiro atoms. The fourth-order valence-electron chi connectivity index (χ4n) is 0.737. The molecule has 0 aliphatic rings. The molecule has 0 aliphatic carbocycles. The first-order valence-corrected chi connectivity index (χ1v) is 2.86. The molecule has 5 heteroatoms. The first-order chi connectivity index (χ1) is 4.97. The number of rotatable bonds is 1. The molecule has 0 saturated heterocycles. The van der Waals surface area contributed by atoms with Gasteiger partial charge in [0.05, 0.1) is 6.26 Å². The Kier molecular flexibility index (Phi) is 2.46. The van der Waals surface area contributed by atoms with E-state index in [9.17, 15) is 0 Å². The van der Waals surface area contributed by atoms with Gasteiger partial charge in [-0.25, -0.2) is 4.98 Å². The Morgan fingerprint density at radius 2 is 2.36 bits per heavy atom. The summed E-state index contributed by atoms with van der Waals surface area (Å²) in [6.07, 6.45) is 3.04. The van der Waals surface area contributed by atoms with Crippen LogP contribution in [-0.4, -0.2) is 15.2 Å². The van der Waals surface area contributed by atoms with E-state index in [0.717, 1.165) is 0 Å². The topological polar surface area (TPSA) is 54.7 Å². The number of furan rings is 1. The number of nitrogens with one attached hydrogen (secondary N) is 1. The van der Waals surface area contributed by atoms with Crippen molar-refractivity contribution in [3.05, 3.63) is 24.7 Å². The molecular formula is C6H5FeN3O. The molecule has 2 aromatic heterocycles. The number of aromatic nitrogens is 3. The van der Waals surface area contributed by atoms with E-state index >= 15 is 0 Å². The third-order valence-corrected chi connectivity index (χ3v) is 1.17. The Balaban J connectivity index is 0.000000605. The maximum absolute atomic E-state index is 5.04. The number of hydrogen-bond donors (Lipinski definition) is 1. The predicted molar refractivity (Wildman–Crippen MR) is 34.1 cm³/mol. The molecule has 0 atom stereocenters. The van der Waals surface area contributed by atoms with E-state index in [4.69, 9.17) is 4.42 Å². The fourth-order valence-corrected chi connectivity index (χ4v) is 0.737. The zero-order valence-corrected chi connectivity index (χ0v) is 6.57. The largest absolute Gasteiger partial charge is 0.461 e. The van der Waals surface area contributed by atoms with E-state index in [1.807, 2.05) is 6.07 Å². The van der Waals surface area contributed by atoms with E-state index in [0.29, 0.717) is 11.6 Å². The van der Waals surface area contributed by atoms with Gasteiger partial charge in [-0.15, -0.1) is 0 Å². The molecule has 0 aromatic carbocycles. The molecule has 0 bridgehead atoms. The second-order valence-electron chi connectivity index (χ2n) is 1.81. The van der Waals surface area contributed by atoms with Crippen molar-refractivity contribution < 1.29 is 21.5 Å². The van der Waals surface area contributed by atoms with E-state index in [2.05, 4.69) is 15.2 Å². The van der Waals surface area contributed by atoms with Crippen LogP contribution < -0.4 is 0 Å². The summed E-state index contributed by atoms with van der Waals surface area (Å²) in [6.45, 7) is 0. The van der Waals surface area contributed by atoms with Crippen molar-refractivity contribution >= 4 is 0 Å². The molecule has 0 aliphatic heterocycles. The fraction of sp³-hybridized carbons (Fsp3) is 0. The number of H-pyrrole nitrogens is 1. The van der Waals surface area contributed by atoms with Crippen LogP contribution in [0.2, 0.25) is 0 Å². The van der Waals surface area contributed by atoms with Gasteiger partial charge in [0.15, 0.2) is 11.6 Å². The minimum atomic E-state index is 0. The summed E-state index contributed by atoms with van der Waals surface area (Å²) in [7, 11) is 0. The van der Waals surface area contributed by atoms with Crippen molar-refractivity contribution in [3.63, 3.8) is 0 Å². The van der Waals surface area contributed by atoms with Crippen LogP contribution in [0, 0.1) is 0 Å². The predicted octanol–water partition coefficient (Wildman–Crippen LogP) is 1.06. The standard InChI is InChI=1S/C6H5N3O.Fe/c1-2-5(10-3-1)6-7-4-8-9-6;/h1-4H,(H,7,8,9);. The van der Waals surface area contributed by atoms with E-state index in [1.165, 1.54) is 6.33 Å². The minimum Gasteiger partial charge on any atom is -0.461 e. The normalized spacial score (nSPS) is 9.09. The summed E-state index contributed by atoms with van der Waals surface area (Å²) in [4.78, 5) is 3.90. The van der Waals surface area contributed by atoms with Crippen LogP contribution in [0.4, 0.5) is 0 Å². The van der Waals surface area contributed by atoms with Crippen molar-refractivity contribution in [2.75, 3.05) is 0 Å². The molecule has 0 radical (unpaired) electrons. The summed E-state index contributed by atoms with van der Waals surface area (Å²) in [5, 5.41) is 6.37. The van der Waals surface area contributed by atoms with Gasteiger partial charge in [-0.3, -0.25) is 5.10 Å². The van der Waals surface area contributed by atoms with Gasteiger partial charge < -0.3 is 4.42 Å². The maximum atomic E-state index is 5.04. The SMILES string of the molecule is [Fe].c1coc(-c2ncn[nH]2)c1. The van der Waals surface area contributed by atoms with Gasteiger partial charge >= 0.3 is 0 Å². The summed E-state index contributed by atoms with van der Waals surface area (Å²) in [5.74, 6) is 1.36. The maximum Gasteiger partial charge on any atom is 0.191 e. The average molecular weight is 191 g/mol. The molecule has 0 amide bonds. The summed E-state index contributed by atoms with van der Waals surface area (Å²) in [5.41, 5.74) is 0. The van der Waals surface area contributed by atoms with Crippen LogP contribution in [0.5, 0.6) is 0 Å². The van der Waals surface area contributed by atoms with Gasteiger partial charge in [0.1, 0.15) is 6.33 Å². The summed E-state index contributed by atoms with van der Waals surface area (Å²) >= 11 is 0. The number of nitrogens with zero attached hydrogens (tertiary/aromatic N) is 2. The molecule has 2 aromatic rings. The second kappa shape index (κ2) is 3.37. The third-order valence-electron chi connectivity index (χ3n) is 1.17. The van der Waals surface area contributed by atoms with Crippen molar-refractivity contribution in [3.8, 4) is 11.6 Å². The van der Waals surface area contributed by atoms with Crippen molar-refractivity contribution in [1.29, 1.82) is 0 Å². The first kappa shape index (κ1) is 8.04. The Labute approximate surface area is 73.5 Å². The van der Waals surface area contributed by atoms with Crippen LogP contribution in [-0.2, 0) is 17.1 Å². The molecule has 0 fully saturated rings. The van der Waals surface area contributed by atoms with Crippen LogP contribution in [0.25, 0.3) is 11.6 Å². The smallest absolute Gasteiger partial charge is 0.191 e. The first-order valence-electron chi connectivity index (χ1n) is 2.86. The van der Waals surface area contributed by atoms with Crippen molar-refractivity contribution in [1.82, 2.24) is 15.2 Å². The second-order valence-corrected chi connectivity index (χ2v) is 1.81. The Bertz CT molecular complexity index is 257. The molecule has 11 heavy (non-hydrogen) atoms. The molecule has 2 heterocycles. The zero-order chi connectivity index (χ0) is 6.81. The summed E-state index contributed by atoms with van der Waals surface area (Å²) < 4.78 is 5.04. The molecule has 1 N–H and O–H groups in total. The van der Waals surface area contributed by atoms with Gasteiger partial charge in [-0.2, -0.15) is 5.10 Å². The Morgan fingerprint density at radius 3 is 2.91 bits per heavy atom. The van der Waals surface area contributed by atoms with Gasteiger partial charge in [0, 0.05) is 17.1 Å². The van der Waals surface area contributed by atoms with Gasteiger partial charge in [0.25, 0.3) is 0 Å². The monoisotopic (exact) mass is 191 g/mol. The summed E-state index contributed by atoms with van der Waals surface area (Å²) in [6, 6.07) is 3.62. The van der Waals surface area contributed by atoms with Crippen molar-refractivity contribution in [2.45, 2.75) is 0 Å². The molecule has 2 rings (SSSR count). The Hall–Kier alpha value is -1.06. The van der Waals surface area contributed by atoms with Gasteiger partial charge in [-0.05, 0) is 12.1 Å². The molecule has 0 unspecified atom stereocenters. The van der Waals surface area contributed by atoms with Crippen molar-refractivity contribution in [2.24, 2.45) is 0 Å². The van der Waals surface area contributed by atoms with Crippen LogP contribution >= 0.6 is 0 Å². The zero-order valence-electron chi connectivity index (χ0n) is 5.47. The minimum absolute atomic E-state index is 0.